The number of rotatable bonds is 2. The Kier molecular flexibility index (Phi) is 4.99. The molecule has 0 saturated carbocycles. The van der Waals surface area contributed by atoms with E-state index in [0.29, 0.717) is 6.04 Å². The Morgan fingerprint density at radius 1 is 1.22 bits per heavy atom. The predicted molar refractivity (Wildman–Crippen MR) is 79.9 cm³/mol. The van der Waals surface area contributed by atoms with E-state index in [2.05, 4.69) is 54.7 Å². The van der Waals surface area contributed by atoms with E-state index in [1.807, 2.05) is 6.07 Å². The molecule has 1 aromatic carbocycles. The van der Waals surface area contributed by atoms with Gasteiger partial charge in [0.2, 0.25) is 4.80 Å². The molecule has 98 valence electrons. The molecule has 0 radical (unpaired) electrons. The third-order valence-electron chi connectivity index (χ3n) is 2.70. The fraction of sp³-hybridized carbons (Fsp3) is 0.308. The molecule has 2 rings (SSSR count). The minimum absolute atomic E-state index is 0. The fourth-order valence-corrected chi connectivity index (χ4v) is 3.05. The molecule has 2 N–H and O–H groups in total. The first kappa shape index (κ1) is 14.8. The molecule has 0 bridgehead atoms. The lowest BCUT2D eigenvalue weighted by molar-refractivity contribution is 0.586. The van der Waals surface area contributed by atoms with Crippen molar-refractivity contribution in [3.8, 4) is 11.3 Å². The van der Waals surface area contributed by atoms with Gasteiger partial charge in [-0.3, -0.25) is 0 Å². The van der Waals surface area contributed by atoms with Gasteiger partial charge in [0.05, 0.1) is 5.69 Å². The van der Waals surface area contributed by atoms with Crippen LogP contribution in [0.3, 0.4) is 0 Å². The van der Waals surface area contributed by atoms with Crippen molar-refractivity contribution in [2.75, 3.05) is 0 Å². The third kappa shape index (κ3) is 2.60. The van der Waals surface area contributed by atoms with E-state index in [1.165, 1.54) is 16.1 Å². The van der Waals surface area contributed by atoms with Gasteiger partial charge in [-0.1, -0.05) is 41.7 Å². The number of hydrogen-bond acceptors (Lipinski definition) is 3. The van der Waals surface area contributed by atoms with E-state index in [0.717, 1.165) is 4.80 Å². The second-order valence-electron chi connectivity index (χ2n) is 4.25. The van der Waals surface area contributed by atoms with Crippen LogP contribution in [0.25, 0.3) is 11.3 Å². The van der Waals surface area contributed by atoms with Crippen molar-refractivity contribution in [2.24, 2.45) is 10.9 Å². The molecule has 0 fully saturated rings. The van der Waals surface area contributed by atoms with Gasteiger partial charge in [0.25, 0.3) is 0 Å². The molecule has 0 aliphatic carbocycles. The molecule has 0 aliphatic rings. The van der Waals surface area contributed by atoms with E-state index >= 15 is 0 Å². The monoisotopic (exact) mass is 283 g/mol. The van der Waals surface area contributed by atoms with Crippen molar-refractivity contribution in [3.63, 3.8) is 0 Å². The standard InChI is InChI=1S/C13H17N3S.ClH/c1-9(2)16-12(10(3)17-13(16)15-14)11-7-5-4-6-8-11;/h4-9H,14H2,1-3H3;1H/b15-13+;. The van der Waals surface area contributed by atoms with Crippen molar-refractivity contribution in [2.45, 2.75) is 26.8 Å². The largest absolute Gasteiger partial charge is 0.320 e. The van der Waals surface area contributed by atoms with Gasteiger partial charge in [-0.2, -0.15) is 5.10 Å². The molecule has 5 heteroatoms. The van der Waals surface area contributed by atoms with Crippen molar-refractivity contribution in [3.05, 3.63) is 40.0 Å². The zero-order chi connectivity index (χ0) is 12.4. The van der Waals surface area contributed by atoms with Crippen LogP contribution in [0.2, 0.25) is 0 Å². The minimum Gasteiger partial charge on any atom is -0.320 e. The molecule has 2 aromatic rings. The van der Waals surface area contributed by atoms with E-state index in [4.69, 9.17) is 5.84 Å². The molecular formula is C13H18ClN3S. The van der Waals surface area contributed by atoms with Crippen LogP contribution >= 0.6 is 23.7 Å². The zero-order valence-corrected chi connectivity index (χ0v) is 12.4. The maximum atomic E-state index is 5.46. The Morgan fingerprint density at radius 3 is 2.33 bits per heavy atom. The van der Waals surface area contributed by atoms with Gasteiger partial charge in [-0.25, -0.2) is 0 Å². The summed E-state index contributed by atoms with van der Waals surface area (Å²) in [7, 11) is 0. The van der Waals surface area contributed by atoms with E-state index < -0.39 is 0 Å². The Balaban J connectivity index is 0.00000162. The van der Waals surface area contributed by atoms with Gasteiger partial charge >= 0.3 is 0 Å². The number of aromatic nitrogens is 1. The molecule has 0 spiro atoms. The normalized spacial score (nSPS) is 11.7. The number of thiazole rings is 1. The zero-order valence-electron chi connectivity index (χ0n) is 10.8. The molecule has 0 saturated heterocycles. The number of nitrogens with two attached hydrogens (primary N) is 1. The van der Waals surface area contributed by atoms with Crippen LogP contribution in [-0.2, 0) is 0 Å². The summed E-state index contributed by atoms with van der Waals surface area (Å²) in [5, 5.41) is 3.88. The van der Waals surface area contributed by atoms with Crippen molar-refractivity contribution >= 4 is 23.7 Å². The molecule has 18 heavy (non-hydrogen) atoms. The van der Waals surface area contributed by atoms with Gasteiger partial charge in [0, 0.05) is 10.9 Å². The molecule has 0 amide bonds. The highest BCUT2D eigenvalue weighted by Gasteiger charge is 2.14. The molecule has 0 atom stereocenters. The Hall–Kier alpha value is -1.26. The first-order valence-electron chi connectivity index (χ1n) is 5.66. The lowest BCUT2D eigenvalue weighted by atomic mass is 10.1. The summed E-state index contributed by atoms with van der Waals surface area (Å²) >= 11 is 1.64. The quantitative estimate of drug-likeness (QED) is 0.667. The molecule has 3 nitrogen and oxygen atoms in total. The highest BCUT2D eigenvalue weighted by atomic mass is 35.5. The summed E-state index contributed by atoms with van der Waals surface area (Å²) in [6, 6.07) is 10.7. The Labute approximate surface area is 117 Å². The first-order chi connectivity index (χ1) is 8.15. The summed E-state index contributed by atoms with van der Waals surface area (Å²) in [4.78, 5) is 2.12. The summed E-state index contributed by atoms with van der Waals surface area (Å²) in [6.45, 7) is 6.40. The van der Waals surface area contributed by atoms with Gasteiger partial charge in [-0.15, -0.1) is 12.4 Å². The van der Waals surface area contributed by atoms with Crippen LogP contribution in [-0.4, -0.2) is 4.57 Å². The number of halogens is 1. The highest BCUT2D eigenvalue weighted by Crippen LogP contribution is 2.27. The average molecular weight is 284 g/mol. The minimum atomic E-state index is 0. The van der Waals surface area contributed by atoms with Crippen LogP contribution in [0.15, 0.2) is 35.4 Å². The summed E-state index contributed by atoms with van der Waals surface area (Å²) in [5.74, 6) is 5.46. The Bertz CT molecular complexity index is 570. The fourth-order valence-electron chi connectivity index (χ4n) is 2.01. The third-order valence-corrected chi connectivity index (χ3v) is 3.68. The van der Waals surface area contributed by atoms with Crippen molar-refractivity contribution in [1.82, 2.24) is 4.57 Å². The van der Waals surface area contributed by atoms with Crippen molar-refractivity contribution in [1.29, 1.82) is 0 Å². The van der Waals surface area contributed by atoms with Crippen LogP contribution in [0.5, 0.6) is 0 Å². The number of benzene rings is 1. The van der Waals surface area contributed by atoms with Gasteiger partial charge in [0.1, 0.15) is 0 Å². The van der Waals surface area contributed by atoms with Crippen LogP contribution in [0, 0.1) is 6.92 Å². The summed E-state index contributed by atoms with van der Waals surface area (Å²) < 4.78 is 2.19. The number of nitrogens with zero attached hydrogens (tertiary/aromatic N) is 2. The number of hydrogen-bond donors (Lipinski definition) is 1. The van der Waals surface area contributed by atoms with E-state index in [-0.39, 0.29) is 12.4 Å². The van der Waals surface area contributed by atoms with E-state index in [1.54, 1.807) is 11.3 Å². The second-order valence-corrected chi connectivity index (χ2v) is 5.43. The SMILES string of the molecule is Cc1s/c(=N/N)n(C(C)C)c1-c1ccccc1.Cl. The van der Waals surface area contributed by atoms with Gasteiger partial charge in [0.15, 0.2) is 0 Å². The topological polar surface area (TPSA) is 43.3 Å². The van der Waals surface area contributed by atoms with Crippen LogP contribution in [0.1, 0.15) is 24.8 Å². The highest BCUT2D eigenvalue weighted by molar-refractivity contribution is 7.09. The molecule has 0 unspecified atom stereocenters. The lowest BCUT2D eigenvalue weighted by Gasteiger charge is -2.13. The maximum Gasteiger partial charge on any atom is 0.208 e. The predicted octanol–water partition coefficient (Wildman–Crippen LogP) is 3.30. The summed E-state index contributed by atoms with van der Waals surface area (Å²) in [6.07, 6.45) is 0. The van der Waals surface area contributed by atoms with Crippen LogP contribution < -0.4 is 10.6 Å². The molecule has 1 heterocycles. The lowest BCUT2D eigenvalue weighted by Crippen LogP contribution is -2.19. The average Bonchev–Trinajstić information content (AvgIpc) is 2.67. The molecular weight excluding hydrogens is 266 g/mol. The molecule has 0 aliphatic heterocycles. The first-order valence-corrected chi connectivity index (χ1v) is 6.48. The smallest absolute Gasteiger partial charge is 0.208 e. The molecule has 1 aromatic heterocycles. The number of aryl methyl sites for hydroxylation is 1. The van der Waals surface area contributed by atoms with Crippen molar-refractivity contribution < 1.29 is 0 Å². The van der Waals surface area contributed by atoms with Gasteiger partial charge < -0.3 is 10.4 Å². The van der Waals surface area contributed by atoms with Crippen LogP contribution in [0.4, 0.5) is 0 Å². The summed E-state index contributed by atoms with van der Waals surface area (Å²) in [5.41, 5.74) is 2.43. The van der Waals surface area contributed by atoms with Gasteiger partial charge in [-0.05, 0) is 26.3 Å². The second kappa shape index (κ2) is 6.07. The van der Waals surface area contributed by atoms with E-state index in [9.17, 15) is 0 Å². The maximum absolute atomic E-state index is 5.46. The Morgan fingerprint density at radius 2 is 1.83 bits per heavy atom.